The minimum Gasteiger partial charge on any atom is -0.481 e. The van der Waals surface area contributed by atoms with E-state index in [1.165, 1.54) is 0 Å². The Hall–Kier alpha value is -1.14. The average Bonchev–Trinajstić information content (AvgIpc) is 1.54. The molecule has 7 N–H and O–H groups in total. The molecule has 0 rings (SSSR count). The summed E-state index contributed by atoms with van der Waals surface area (Å²) in [6.45, 7) is 3.25. The van der Waals surface area contributed by atoms with E-state index in [2.05, 4.69) is 0 Å². The van der Waals surface area contributed by atoms with Crippen molar-refractivity contribution in [2.45, 2.75) is 20.8 Å². The van der Waals surface area contributed by atoms with Crippen molar-refractivity contribution in [1.29, 1.82) is 0 Å². The second-order valence-corrected chi connectivity index (χ2v) is 1.56. The van der Waals surface area contributed by atoms with Crippen molar-refractivity contribution in [3.8, 4) is 0 Å². The Labute approximate surface area is 97.3 Å². The van der Waals surface area contributed by atoms with Gasteiger partial charge in [-0.2, -0.15) is 0 Å². The summed E-state index contributed by atoms with van der Waals surface area (Å²) in [7, 11) is 0. The van der Waals surface area contributed by atoms with Gasteiger partial charge in [0.2, 0.25) is 0 Å². The molecule has 0 saturated carbocycles. The van der Waals surface area contributed by atoms with E-state index in [0.717, 1.165) is 20.8 Å². The van der Waals surface area contributed by atoms with Crippen LogP contribution in [0.3, 0.4) is 0 Å². The third-order valence-corrected chi connectivity index (χ3v) is 0. The molecule has 0 saturated heterocycles. The Bertz CT molecular complexity index is 117. The number of hydrogen-bond donors (Lipinski definition) is 3. The zero-order valence-corrected chi connectivity index (χ0v) is 9.75. The van der Waals surface area contributed by atoms with Gasteiger partial charge in [-0.05, 0) is 0 Å². The molecule has 0 amide bonds. The standard InChI is InChI=1S/3C2H4O2.Cr.2H2O/c3*1-2(3)4;;;/h3*1H3,(H,3,4);;2*1H2. The van der Waals surface area contributed by atoms with Crippen molar-refractivity contribution in [2.24, 2.45) is 0 Å². The molecule has 0 atom stereocenters. The van der Waals surface area contributed by atoms with Gasteiger partial charge < -0.3 is 26.3 Å². The fourth-order valence-corrected chi connectivity index (χ4v) is 0. The minimum absolute atomic E-state index is 0. The molecule has 0 aromatic carbocycles. The van der Waals surface area contributed by atoms with Crippen LogP contribution in [0.25, 0.3) is 0 Å². The maximum absolute atomic E-state index is 9.00. The Morgan fingerprint density at radius 3 is 0.667 bits per heavy atom. The molecule has 15 heavy (non-hydrogen) atoms. The predicted octanol–water partition coefficient (Wildman–Crippen LogP) is -1.38. The van der Waals surface area contributed by atoms with Crippen molar-refractivity contribution in [1.82, 2.24) is 0 Å². The summed E-state index contributed by atoms with van der Waals surface area (Å²) in [6, 6.07) is 0. The number of hydrogen-bond acceptors (Lipinski definition) is 3. The topological polar surface area (TPSA) is 175 Å². The fourth-order valence-electron chi connectivity index (χ4n) is 0. The smallest absolute Gasteiger partial charge is 0.300 e. The molecule has 94 valence electrons. The normalized spacial score (nSPS) is 5.00. The third-order valence-electron chi connectivity index (χ3n) is 0. The largest absolute Gasteiger partial charge is 0.481 e. The number of rotatable bonds is 0. The Morgan fingerprint density at radius 2 is 0.667 bits per heavy atom. The summed E-state index contributed by atoms with van der Waals surface area (Å²) in [5.41, 5.74) is 0. The SMILES string of the molecule is CC(=O)O.CC(=O)O.CC(=O)O.O.O.[Cr]. The van der Waals surface area contributed by atoms with Gasteiger partial charge in [-0.3, -0.25) is 14.4 Å². The molecule has 0 aliphatic carbocycles. The second-order valence-electron chi connectivity index (χ2n) is 1.56. The van der Waals surface area contributed by atoms with Crippen LogP contribution in [-0.2, 0) is 31.7 Å². The number of carboxylic acid groups (broad SMARTS) is 3. The van der Waals surface area contributed by atoms with Gasteiger partial charge in [0.25, 0.3) is 17.9 Å². The molecule has 0 aliphatic rings. The van der Waals surface area contributed by atoms with Crippen LogP contribution in [-0.4, -0.2) is 44.2 Å². The quantitative estimate of drug-likeness (QED) is 0.487. The first kappa shape index (κ1) is 37.1. The van der Waals surface area contributed by atoms with Crippen molar-refractivity contribution in [2.75, 3.05) is 0 Å². The molecule has 9 heteroatoms. The van der Waals surface area contributed by atoms with E-state index in [1.807, 2.05) is 0 Å². The molecule has 0 aromatic heterocycles. The maximum Gasteiger partial charge on any atom is 0.300 e. The fraction of sp³-hybridized carbons (Fsp3) is 0.500. The molecule has 0 unspecified atom stereocenters. The molecule has 0 bridgehead atoms. The molecule has 0 aromatic rings. The van der Waals surface area contributed by atoms with E-state index in [9.17, 15) is 0 Å². The van der Waals surface area contributed by atoms with Crippen LogP contribution in [0.5, 0.6) is 0 Å². The van der Waals surface area contributed by atoms with Crippen LogP contribution in [0, 0.1) is 0 Å². The molecule has 0 radical (unpaired) electrons. The molecule has 8 nitrogen and oxygen atoms in total. The molecule has 0 heterocycles. The van der Waals surface area contributed by atoms with E-state index in [4.69, 9.17) is 29.7 Å². The molecule has 0 fully saturated rings. The van der Waals surface area contributed by atoms with Gasteiger partial charge in [-0.1, -0.05) is 0 Å². The number of carbonyl (C=O) groups is 3. The van der Waals surface area contributed by atoms with Crippen LogP contribution in [0.2, 0.25) is 0 Å². The number of aliphatic carboxylic acids is 3. The van der Waals surface area contributed by atoms with Gasteiger partial charge in [0, 0.05) is 38.1 Å². The van der Waals surface area contributed by atoms with Gasteiger partial charge in [0.05, 0.1) is 0 Å². The molecular formula is C6H16CrO8. The zero-order valence-electron chi connectivity index (χ0n) is 8.47. The summed E-state index contributed by atoms with van der Waals surface area (Å²) in [4.78, 5) is 27.0. The van der Waals surface area contributed by atoms with Crippen molar-refractivity contribution in [3.05, 3.63) is 0 Å². The van der Waals surface area contributed by atoms with E-state index in [1.54, 1.807) is 0 Å². The minimum atomic E-state index is -0.833. The van der Waals surface area contributed by atoms with Gasteiger partial charge in [-0.15, -0.1) is 0 Å². The van der Waals surface area contributed by atoms with Gasteiger partial charge >= 0.3 is 0 Å². The first-order valence-corrected chi connectivity index (χ1v) is 2.78. The third kappa shape index (κ3) is 1170. The van der Waals surface area contributed by atoms with Crippen LogP contribution >= 0.6 is 0 Å². The molecular weight excluding hydrogens is 252 g/mol. The zero-order chi connectivity index (χ0) is 10.7. The van der Waals surface area contributed by atoms with Crippen LogP contribution in [0.4, 0.5) is 0 Å². The van der Waals surface area contributed by atoms with E-state index < -0.39 is 17.9 Å². The average molecular weight is 268 g/mol. The van der Waals surface area contributed by atoms with Crippen molar-refractivity contribution >= 4 is 17.9 Å². The predicted molar refractivity (Wildman–Crippen MR) is 47.2 cm³/mol. The summed E-state index contributed by atoms with van der Waals surface area (Å²) in [6.07, 6.45) is 0. The number of carboxylic acids is 3. The van der Waals surface area contributed by atoms with E-state index >= 15 is 0 Å². The molecule has 0 aliphatic heterocycles. The van der Waals surface area contributed by atoms with Crippen LogP contribution < -0.4 is 0 Å². The van der Waals surface area contributed by atoms with E-state index in [0.29, 0.717) is 0 Å². The first-order chi connectivity index (χ1) is 5.20. The van der Waals surface area contributed by atoms with Crippen LogP contribution in [0.1, 0.15) is 20.8 Å². The van der Waals surface area contributed by atoms with Gasteiger partial charge in [0.15, 0.2) is 0 Å². The van der Waals surface area contributed by atoms with Gasteiger partial charge in [0.1, 0.15) is 0 Å². The Kier molecular flexibility index (Phi) is 72.4. The first-order valence-electron chi connectivity index (χ1n) is 2.78. The van der Waals surface area contributed by atoms with Crippen molar-refractivity contribution < 1.29 is 58.0 Å². The Morgan fingerprint density at radius 1 is 0.667 bits per heavy atom. The summed E-state index contributed by atoms with van der Waals surface area (Å²) in [5, 5.41) is 22.2. The second kappa shape index (κ2) is 29.3. The van der Waals surface area contributed by atoms with Crippen molar-refractivity contribution in [3.63, 3.8) is 0 Å². The van der Waals surface area contributed by atoms with Crippen LogP contribution in [0.15, 0.2) is 0 Å². The monoisotopic (exact) mass is 268 g/mol. The van der Waals surface area contributed by atoms with E-state index in [-0.39, 0.29) is 28.3 Å². The summed E-state index contributed by atoms with van der Waals surface area (Å²) >= 11 is 0. The summed E-state index contributed by atoms with van der Waals surface area (Å²) < 4.78 is 0. The van der Waals surface area contributed by atoms with Gasteiger partial charge in [-0.25, -0.2) is 0 Å². The summed E-state index contributed by atoms with van der Waals surface area (Å²) in [5.74, 6) is -2.50. The Balaban J connectivity index is -0.0000000184. The molecule has 0 spiro atoms. The maximum atomic E-state index is 9.00.